The second kappa shape index (κ2) is 9.67. The van der Waals surface area contributed by atoms with Crippen LogP contribution in [0.4, 0.5) is 11.8 Å². The molecule has 0 unspecified atom stereocenters. The maximum atomic E-state index is 12.7. The molecular formula is C28H31N5O. The molecule has 1 aliphatic rings. The minimum absolute atomic E-state index is 0.00628. The first-order chi connectivity index (χ1) is 16.6. The van der Waals surface area contributed by atoms with E-state index in [2.05, 4.69) is 22.8 Å². The summed E-state index contributed by atoms with van der Waals surface area (Å²) < 4.78 is 0. The van der Waals surface area contributed by atoms with Gasteiger partial charge in [0.1, 0.15) is 5.82 Å². The molecule has 1 saturated carbocycles. The summed E-state index contributed by atoms with van der Waals surface area (Å²) in [4.78, 5) is 24.2. The first kappa shape index (κ1) is 22.1. The van der Waals surface area contributed by atoms with E-state index in [1.54, 1.807) is 0 Å². The molecule has 0 radical (unpaired) electrons. The van der Waals surface area contributed by atoms with Crippen molar-refractivity contribution in [3.05, 3.63) is 72.3 Å². The zero-order valence-electron chi connectivity index (χ0n) is 19.8. The van der Waals surface area contributed by atoms with Gasteiger partial charge in [-0.25, -0.2) is 4.98 Å². The van der Waals surface area contributed by atoms with Crippen molar-refractivity contribution in [2.24, 2.45) is 5.92 Å². The molecule has 1 aliphatic carbocycles. The number of para-hydroxylation sites is 1. The van der Waals surface area contributed by atoms with Crippen LogP contribution in [0.3, 0.4) is 0 Å². The number of carbonyl (C=O) groups excluding carboxylic acids is 1. The van der Waals surface area contributed by atoms with Gasteiger partial charge in [-0.1, -0.05) is 42.5 Å². The second-order valence-corrected chi connectivity index (χ2v) is 9.42. The number of hydrogen-bond donors (Lipinski definition) is 2. The third-order valence-corrected chi connectivity index (χ3v) is 6.75. The third-order valence-electron chi connectivity index (χ3n) is 6.75. The van der Waals surface area contributed by atoms with Gasteiger partial charge in [-0.15, -0.1) is 0 Å². The Kier molecular flexibility index (Phi) is 6.30. The van der Waals surface area contributed by atoms with Crippen LogP contribution in [0.5, 0.6) is 0 Å². The number of fused-ring (bicyclic) bond motifs is 2. The van der Waals surface area contributed by atoms with E-state index in [1.165, 1.54) is 0 Å². The summed E-state index contributed by atoms with van der Waals surface area (Å²) >= 11 is 0. The van der Waals surface area contributed by atoms with E-state index < -0.39 is 0 Å². The molecule has 6 nitrogen and oxygen atoms in total. The molecule has 0 saturated heterocycles. The van der Waals surface area contributed by atoms with E-state index in [4.69, 9.17) is 9.97 Å². The smallest absolute Gasteiger partial charge is 0.251 e. The highest BCUT2D eigenvalue weighted by Crippen LogP contribution is 2.28. The third kappa shape index (κ3) is 4.81. The fourth-order valence-corrected chi connectivity index (χ4v) is 4.83. The van der Waals surface area contributed by atoms with Gasteiger partial charge in [0.25, 0.3) is 5.91 Å². The lowest BCUT2D eigenvalue weighted by atomic mass is 9.86. The van der Waals surface area contributed by atoms with Gasteiger partial charge in [0, 0.05) is 37.6 Å². The van der Waals surface area contributed by atoms with E-state index in [9.17, 15) is 4.79 Å². The van der Waals surface area contributed by atoms with E-state index in [0.717, 1.165) is 65.3 Å². The van der Waals surface area contributed by atoms with Crippen molar-refractivity contribution in [2.45, 2.75) is 31.7 Å². The predicted octanol–water partition coefficient (Wildman–Crippen LogP) is 5.25. The van der Waals surface area contributed by atoms with Crippen LogP contribution in [0.25, 0.3) is 21.7 Å². The van der Waals surface area contributed by atoms with Crippen molar-refractivity contribution in [1.82, 2.24) is 15.3 Å². The van der Waals surface area contributed by atoms with Crippen LogP contribution in [0.2, 0.25) is 0 Å². The van der Waals surface area contributed by atoms with Crippen LogP contribution in [-0.4, -0.2) is 42.6 Å². The molecule has 34 heavy (non-hydrogen) atoms. The van der Waals surface area contributed by atoms with Crippen LogP contribution >= 0.6 is 0 Å². The van der Waals surface area contributed by atoms with E-state index in [1.807, 2.05) is 73.6 Å². The predicted molar refractivity (Wildman–Crippen MR) is 140 cm³/mol. The molecule has 1 heterocycles. The Bertz CT molecular complexity index is 1310. The SMILES string of the molecule is CN(C)c1nc(NC2CCC(CNC(=O)c3ccc4ccccc4c3)CC2)nc2ccccc12. The molecule has 6 heteroatoms. The zero-order valence-corrected chi connectivity index (χ0v) is 19.8. The number of carbonyl (C=O) groups is 1. The zero-order chi connectivity index (χ0) is 23.5. The summed E-state index contributed by atoms with van der Waals surface area (Å²) in [5.74, 6) is 2.12. The Hall–Kier alpha value is -3.67. The highest BCUT2D eigenvalue weighted by atomic mass is 16.1. The van der Waals surface area contributed by atoms with Crippen molar-refractivity contribution >= 4 is 39.3 Å². The number of aromatic nitrogens is 2. The summed E-state index contributed by atoms with van der Waals surface area (Å²) in [6.07, 6.45) is 4.24. The topological polar surface area (TPSA) is 70.2 Å². The molecule has 1 fully saturated rings. The summed E-state index contributed by atoms with van der Waals surface area (Å²) in [5.41, 5.74) is 1.67. The quantitative estimate of drug-likeness (QED) is 0.417. The highest BCUT2D eigenvalue weighted by Gasteiger charge is 2.23. The molecule has 1 aromatic heterocycles. The van der Waals surface area contributed by atoms with Crippen LogP contribution in [0.1, 0.15) is 36.0 Å². The lowest BCUT2D eigenvalue weighted by molar-refractivity contribution is 0.0943. The molecule has 5 rings (SSSR count). The van der Waals surface area contributed by atoms with Crippen molar-refractivity contribution in [3.63, 3.8) is 0 Å². The summed E-state index contributed by atoms with van der Waals surface area (Å²) in [5, 5.41) is 10.0. The van der Waals surface area contributed by atoms with Gasteiger partial charge in [0.2, 0.25) is 5.95 Å². The highest BCUT2D eigenvalue weighted by molar-refractivity contribution is 5.98. The molecule has 0 aliphatic heterocycles. The van der Waals surface area contributed by atoms with Crippen LogP contribution in [-0.2, 0) is 0 Å². The minimum Gasteiger partial charge on any atom is -0.362 e. The molecular weight excluding hydrogens is 422 g/mol. The largest absolute Gasteiger partial charge is 0.362 e. The molecule has 0 bridgehead atoms. The first-order valence-electron chi connectivity index (χ1n) is 12.0. The van der Waals surface area contributed by atoms with Crippen molar-refractivity contribution in [3.8, 4) is 0 Å². The van der Waals surface area contributed by atoms with Gasteiger partial charge in [-0.05, 0) is 66.6 Å². The fourth-order valence-electron chi connectivity index (χ4n) is 4.83. The van der Waals surface area contributed by atoms with Gasteiger partial charge in [-0.3, -0.25) is 4.79 Å². The van der Waals surface area contributed by atoms with Crippen LogP contribution in [0.15, 0.2) is 66.7 Å². The number of rotatable bonds is 6. The minimum atomic E-state index is 0.00628. The average molecular weight is 454 g/mol. The van der Waals surface area contributed by atoms with Gasteiger partial charge < -0.3 is 15.5 Å². The number of amides is 1. The van der Waals surface area contributed by atoms with Crippen molar-refractivity contribution in [1.29, 1.82) is 0 Å². The lowest BCUT2D eigenvalue weighted by Crippen LogP contribution is -2.34. The molecule has 4 aromatic rings. The maximum absolute atomic E-state index is 12.7. The van der Waals surface area contributed by atoms with E-state index >= 15 is 0 Å². The monoisotopic (exact) mass is 453 g/mol. The number of nitrogens with one attached hydrogen (secondary N) is 2. The molecule has 3 aromatic carbocycles. The van der Waals surface area contributed by atoms with Crippen LogP contribution < -0.4 is 15.5 Å². The van der Waals surface area contributed by atoms with Gasteiger partial charge in [0.05, 0.1) is 5.52 Å². The van der Waals surface area contributed by atoms with E-state index in [-0.39, 0.29) is 5.91 Å². The number of anilines is 2. The normalized spacial score (nSPS) is 18.1. The Morgan fingerprint density at radius 2 is 1.65 bits per heavy atom. The Morgan fingerprint density at radius 3 is 2.44 bits per heavy atom. The first-order valence-corrected chi connectivity index (χ1v) is 12.0. The second-order valence-electron chi connectivity index (χ2n) is 9.42. The van der Waals surface area contributed by atoms with Gasteiger partial charge in [0.15, 0.2) is 0 Å². The Morgan fingerprint density at radius 1 is 0.912 bits per heavy atom. The number of hydrogen-bond acceptors (Lipinski definition) is 5. The van der Waals surface area contributed by atoms with Gasteiger partial charge in [-0.2, -0.15) is 4.98 Å². The van der Waals surface area contributed by atoms with Gasteiger partial charge >= 0.3 is 0 Å². The molecule has 0 atom stereocenters. The average Bonchev–Trinajstić information content (AvgIpc) is 2.87. The summed E-state index contributed by atoms with van der Waals surface area (Å²) in [6.45, 7) is 0.718. The Labute approximate surface area is 200 Å². The van der Waals surface area contributed by atoms with Crippen molar-refractivity contribution < 1.29 is 4.79 Å². The fraction of sp³-hybridized carbons (Fsp3) is 0.321. The maximum Gasteiger partial charge on any atom is 0.251 e. The van der Waals surface area contributed by atoms with E-state index in [0.29, 0.717) is 17.9 Å². The molecule has 2 N–H and O–H groups in total. The lowest BCUT2D eigenvalue weighted by Gasteiger charge is -2.29. The summed E-state index contributed by atoms with van der Waals surface area (Å²) in [7, 11) is 4.02. The Balaban J connectivity index is 1.15. The van der Waals surface area contributed by atoms with Crippen LogP contribution in [0, 0.1) is 5.92 Å². The molecule has 0 spiro atoms. The number of benzene rings is 3. The number of nitrogens with zero attached hydrogens (tertiary/aromatic N) is 3. The molecule has 174 valence electrons. The molecule has 1 amide bonds. The standard InChI is InChI=1S/C28H31N5O/c1-33(2)26-24-9-5-6-10-25(24)31-28(32-26)30-23-15-11-19(12-16-23)18-29-27(34)22-14-13-20-7-3-4-8-21(20)17-22/h3-10,13-14,17,19,23H,11-12,15-16,18H2,1-2H3,(H,29,34)(H,30,31,32). The van der Waals surface area contributed by atoms with Crippen molar-refractivity contribution in [2.75, 3.05) is 30.9 Å². The summed E-state index contributed by atoms with van der Waals surface area (Å²) in [6, 6.07) is 22.5.